The molecule has 0 amide bonds. The second-order valence-corrected chi connectivity index (χ2v) is 0.0825. The molecule has 0 aromatic carbocycles. The second-order valence-electron chi connectivity index (χ2n) is 0.0825. The molecule has 0 saturated carbocycles. The Morgan fingerprint density at radius 3 is 1.25 bits per heavy atom. The number of hydrogen-bond acceptors (Lipinski definition) is 0. The minimum Gasteiger partial charge on any atom is -0.425 e. The van der Waals surface area contributed by atoms with Crippen LogP contribution in [0.15, 0.2) is 0 Å². The van der Waals surface area contributed by atoms with E-state index in [4.69, 9.17) is 0 Å². The van der Waals surface area contributed by atoms with Gasteiger partial charge in [0, 0.05) is 0 Å². The summed E-state index contributed by atoms with van der Waals surface area (Å²) in [4.78, 5) is 0. The van der Waals surface area contributed by atoms with Crippen molar-refractivity contribution >= 4 is 0 Å². The fraction of sp³-hybridized carbons (Fsp3) is 0. The molecule has 20 valence electrons. The molecule has 0 aliphatic rings. The summed E-state index contributed by atoms with van der Waals surface area (Å²) < 4.78 is 19.0. The van der Waals surface area contributed by atoms with Crippen LogP contribution in [0.5, 0.6) is 0 Å². The van der Waals surface area contributed by atoms with Crippen molar-refractivity contribution in [3.05, 3.63) is 6.93 Å². The van der Waals surface area contributed by atoms with Gasteiger partial charge in [-0.2, -0.15) is 0 Å². The quantitative estimate of drug-likeness (QED) is 0.239. The number of hydrogen-bond donors (Lipinski definition) is 0. The van der Waals surface area contributed by atoms with Gasteiger partial charge in [0.2, 0.25) is 0 Å². The van der Waals surface area contributed by atoms with Crippen LogP contribution in [0.1, 0.15) is 0 Å². The fourth-order valence-corrected chi connectivity index (χ4v) is 0. The van der Waals surface area contributed by atoms with Gasteiger partial charge in [-0.3, -0.25) is 0 Å². The fourth-order valence-electron chi connectivity index (χ4n) is 0. The average Bonchev–Trinajstić information content (AvgIpc) is 0.918. The van der Waals surface area contributed by atoms with E-state index in [1.807, 2.05) is 0 Å². The molecule has 0 saturated heterocycles. The standard InChI is InChI=1S/CHF2.K/c2-1-3;/h1H;/q-1;+1. The van der Waals surface area contributed by atoms with E-state index in [2.05, 4.69) is 0 Å². The van der Waals surface area contributed by atoms with Crippen LogP contribution in [0, 0.1) is 6.93 Å². The average molecular weight is 90.1 g/mol. The zero-order valence-electron chi connectivity index (χ0n) is 2.33. The van der Waals surface area contributed by atoms with Gasteiger partial charge < -0.3 is 8.78 Å². The Balaban J connectivity index is 0. The molecule has 0 aliphatic heterocycles. The van der Waals surface area contributed by atoms with Gasteiger partial charge in [-0.25, -0.2) is 0 Å². The van der Waals surface area contributed by atoms with Crippen molar-refractivity contribution in [2.75, 3.05) is 0 Å². The first-order valence-corrected chi connectivity index (χ1v) is 0.436. The molecule has 0 spiro atoms. The maximum atomic E-state index is 9.50. The SMILES string of the molecule is F[CH-]F.[K+]. The molecule has 0 atom stereocenters. The second kappa shape index (κ2) is 8.82. The third-order valence-corrected chi connectivity index (χ3v) is 0. The molecule has 0 N–H and O–H groups in total. The Morgan fingerprint density at radius 2 is 1.25 bits per heavy atom. The number of rotatable bonds is 0. The van der Waals surface area contributed by atoms with Gasteiger partial charge in [-0.15, -0.1) is 0 Å². The minimum absolute atomic E-state index is 0. The van der Waals surface area contributed by atoms with Crippen LogP contribution < -0.4 is 51.4 Å². The molecular weight excluding hydrogens is 89.1 g/mol. The predicted molar refractivity (Wildman–Crippen MR) is 6.52 cm³/mol. The summed E-state index contributed by atoms with van der Waals surface area (Å²) in [5.74, 6) is 0. The molecule has 0 unspecified atom stereocenters. The monoisotopic (exact) mass is 90.0 g/mol. The third-order valence-electron chi connectivity index (χ3n) is 0. The molecule has 0 aromatic heterocycles. The topological polar surface area (TPSA) is 0 Å². The molecule has 0 aromatic rings. The molecule has 4 heavy (non-hydrogen) atoms. The number of halogens is 2. The van der Waals surface area contributed by atoms with E-state index < -0.39 is 6.93 Å². The van der Waals surface area contributed by atoms with Crippen molar-refractivity contribution in [3.8, 4) is 0 Å². The zero-order valence-corrected chi connectivity index (χ0v) is 5.46. The summed E-state index contributed by atoms with van der Waals surface area (Å²) in [5.41, 5.74) is 0. The minimum atomic E-state index is -1.00. The molecular formula is CHF2K. The Labute approximate surface area is 66.0 Å². The van der Waals surface area contributed by atoms with Gasteiger partial charge in [0.25, 0.3) is 0 Å². The molecule has 0 nitrogen and oxygen atoms in total. The van der Waals surface area contributed by atoms with Crippen LogP contribution in [0.2, 0.25) is 0 Å². The summed E-state index contributed by atoms with van der Waals surface area (Å²) in [7, 11) is 0. The van der Waals surface area contributed by atoms with Gasteiger partial charge in [-0.05, 0) is 6.93 Å². The van der Waals surface area contributed by atoms with Crippen molar-refractivity contribution in [2.45, 2.75) is 0 Å². The van der Waals surface area contributed by atoms with E-state index in [0.717, 1.165) is 0 Å². The largest absolute Gasteiger partial charge is 1.00 e. The van der Waals surface area contributed by atoms with E-state index in [1.54, 1.807) is 0 Å². The maximum absolute atomic E-state index is 9.50. The molecule has 0 aliphatic carbocycles. The van der Waals surface area contributed by atoms with Crippen LogP contribution in [-0.4, -0.2) is 0 Å². The molecule has 0 heterocycles. The van der Waals surface area contributed by atoms with Gasteiger partial charge >= 0.3 is 51.4 Å². The molecule has 0 fully saturated rings. The molecule has 3 heteroatoms. The Morgan fingerprint density at radius 1 is 1.25 bits per heavy atom. The normalized spacial score (nSPS) is 4.50. The molecule has 0 bridgehead atoms. The Kier molecular flexibility index (Phi) is 20.0. The summed E-state index contributed by atoms with van der Waals surface area (Å²) in [5, 5.41) is 0. The van der Waals surface area contributed by atoms with Crippen molar-refractivity contribution in [3.63, 3.8) is 0 Å². The summed E-state index contributed by atoms with van der Waals surface area (Å²) >= 11 is 0. The van der Waals surface area contributed by atoms with E-state index >= 15 is 0 Å². The molecule has 0 rings (SSSR count). The molecule has 0 radical (unpaired) electrons. The van der Waals surface area contributed by atoms with E-state index in [1.165, 1.54) is 0 Å². The van der Waals surface area contributed by atoms with Crippen LogP contribution in [0.3, 0.4) is 0 Å². The first kappa shape index (κ1) is 9.09. The van der Waals surface area contributed by atoms with Crippen LogP contribution in [-0.2, 0) is 0 Å². The van der Waals surface area contributed by atoms with Crippen LogP contribution in [0.25, 0.3) is 0 Å². The smallest absolute Gasteiger partial charge is 0.425 e. The van der Waals surface area contributed by atoms with Crippen LogP contribution in [0.4, 0.5) is 8.78 Å². The maximum Gasteiger partial charge on any atom is 1.00 e. The van der Waals surface area contributed by atoms with Crippen molar-refractivity contribution in [2.24, 2.45) is 0 Å². The Hall–Kier alpha value is 1.50. The van der Waals surface area contributed by atoms with Gasteiger partial charge in [0.05, 0.1) is 0 Å². The van der Waals surface area contributed by atoms with Crippen molar-refractivity contribution in [1.82, 2.24) is 0 Å². The summed E-state index contributed by atoms with van der Waals surface area (Å²) in [6, 6.07) is 0. The third kappa shape index (κ3) is 9.73. The van der Waals surface area contributed by atoms with Crippen molar-refractivity contribution < 1.29 is 60.2 Å². The summed E-state index contributed by atoms with van der Waals surface area (Å²) in [6.07, 6.45) is 0. The first-order valence-electron chi connectivity index (χ1n) is 0.436. The Bertz CT molecular complexity index is 6.00. The van der Waals surface area contributed by atoms with Gasteiger partial charge in [0.15, 0.2) is 0 Å². The van der Waals surface area contributed by atoms with E-state index in [9.17, 15) is 8.78 Å². The van der Waals surface area contributed by atoms with Gasteiger partial charge in [0.1, 0.15) is 0 Å². The predicted octanol–water partition coefficient (Wildman–Crippen LogP) is -1.95. The van der Waals surface area contributed by atoms with E-state index in [-0.39, 0.29) is 51.4 Å². The first-order chi connectivity index (χ1) is 1.41. The van der Waals surface area contributed by atoms with Gasteiger partial charge in [-0.1, -0.05) is 0 Å². The zero-order chi connectivity index (χ0) is 2.71. The summed E-state index contributed by atoms with van der Waals surface area (Å²) in [6.45, 7) is -1.00. The van der Waals surface area contributed by atoms with E-state index in [0.29, 0.717) is 0 Å². The van der Waals surface area contributed by atoms with Crippen molar-refractivity contribution in [1.29, 1.82) is 0 Å². The van der Waals surface area contributed by atoms with Crippen LogP contribution >= 0.6 is 0 Å².